The van der Waals surface area contributed by atoms with Crippen LogP contribution >= 0.6 is 28.1 Å². The topological polar surface area (TPSA) is 120 Å². The van der Waals surface area contributed by atoms with Gasteiger partial charge in [0.15, 0.2) is 23.2 Å². The summed E-state index contributed by atoms with van der Waals surface area (Å²) in [6.07, 6.45) is 1.48. The van der Waals surface area contributed by atoms with E-state index in [1.165, 1.54) is 6.21 Å². The van der Waals surface area contributed by atoms with E-state index in [0.717, 1.165) is 5.56 Å². The predicted molar refractivity (Wildman–Crippen MR) is 170 cm³/mol. The Labute approximate surface area is 263 Å². The summed E-state index contributed by atoms with van der Waals surface area (Å²) in [6, 6.07) is 19.8. The van der Waals surface area contributed by atoms with E-state index in [9.17, 15) is 9.59 Å². The number of nitrogens with one attached hydrogen (secondary N) is 3. The Bertz CT molecular complexity index is 1550. The fourth-order valence-electron chi connectivity index (χ4n) is 4.26. The second-order valence-corrected chi connectivity index (χ2v) is 10.5. The standard InChI is InChI=1S/C31H31BrN4O6S/c1-4-40-30(38)28-19(2)34-31(43)35-29(28)22-12-8-9-13-24(22)42-18-27(37)36-33-16-21-14-25(39-3)26(15-23(21)32)41-17-20-10-6-5-7-11-20/h5-16,29H,4,17-18H2,1-3H3,(H,36,37)(H2,34,35,43)/t29-/m0/s1. The Morgan fingerprint density at radius 1 is 1.05 bits per heavy atom. The van der Waals surface area contributed by atoms with Crippen molar-refractivity contribution in [3.05, 3.63) is 99.2 Å². The van der Waals surface area contributed by atoms with Gasteiger partial charge in [0.2, 0.25) is 0 Å². The number of allylic oxidation sites excluding steroid dienone is 1. The number of benzene rings is 3. The average molecular weight is 668 g/mol. The average Bonchev–Trinajstić information content (AvgIpc) is 3.00. The van der Waals surface area contributed by atoms with Gasteiger partial charge in [-0.3, -0.25) is 4.79 Å². The molecule has 3 N–H and O–H groups in total. The van der Waals surface area contributed by atoms with E-state index in [0.29, 0.717) is 55.8 Å². The molecule has 1 atom stereocenters. The van der Waals surface area contributed by atoms with Crippen LogP contribution < -0.4 is 30.3 Å². The van der Waals surface area contributed by atoms with Gasteiger partial charge in [0, 0.05) is 21.3 Å². The molecule has 0 aliphatic carbocycles. The summed E-state index contributed by atoms with van der Waals surface area (Å²) < 4.78 is 23.2. The van der Waals surface area contributed by atoms with Gasteiger partial charge in [-0.2, -0.15) is 5.10 Å². The third-order valence-electron chi connectivity index (χ3n) is 6.27. The maximum absolute atomic E-state index is 12.7. The largest absolute Gasteiger partial charge is 0.493 e. The molecule has 224 valence electrons. The Hall–Kier alpha value is -4.42. The number of hydrazone groups is 1. The van der Waals surface area contributed by atoms with Crippen LogP contribution in [-0.2, 0) is 20.9 Å². The van der Waals surface area contributed by atoms with Crippen LogP contribution in [0.1, 0.15) is 36.6 Å². The van der Waals surface area contributed by atoms with Gasteiger partial charge in [0.05, 0.1) is 31.5 Å². The third-order valence-corrected chi connectivity index (χ3v) is 7.17. The van der Waals surface area contributed by atoms with Gasteiger partial charge in [-0.05, 0) is 65.8 Å². The molecule has 43 heavy (non-hydrogen) atoms. The number of ether oxygens (including phenoxy) is 4. The number of esters is 1. The highest BCUT2D eigenvalue weighted by Crippen LogP contribution is 2.34. The summed E-state index contributed by atoms with van der Waals surface area (Å²) in [6.45, 7) is 3.78. The number of hydrogen-bond donors (Lipinski definition) is 3. The number of halogens is 1. The maximum Gasteiger partial charge on any atom is 0.338 e. The van der Waals surface area contributed by atoms with Gasteiger partial charge in [0.1, 0.15) is 12.4 Å². The van der Waals surface area contributed by atoms with Gasteiger partial charge < -0.3 is 29.6 Å². The number of methoxy groups -OCH3 is 1. The van der Waals surface area contributed by atoms with Gasteiger partial charge >= 0.3 is 5.97 Å². The molecule has 0 fully saturated rings. The highest BCUT2D eigenvalue weighted by molar-refractivity contribution is 9.10. The van der Waals surface area contributed by atoms with Crippen molar-refractivity contribution in [3.8, 4) is 17.2 Å². The number of carbonyl (C=O) groups is 2. The second kappa shape index (κ2) is 15.2. The van der Waals surface area contributed by atoms with Crippen molar-refractivity contribution in [2.75, 3.05) is 20.3 Å². The molecule has 0 aromatic heterocycles. The van der Waals surface area contributed by atoms with Crippen LogP contribution in [0.5, 0.6) is 17.2 Å². The van der Waals surface area contributed by atoms with E-state index < -0.39 is 17.9 Å². The molecule has 1 aliphatic heterocycles. The highest BCUT2D eigenvalue weighted by atomic mass is 79.9. The van der Waals surface area contributed by atoms with Crippen molar-refractivity contribution in [1.82, 2.24) is 16.1 Å². The zero-order valence-corrected chi connectivity index (χ0v) is 26.2. The van der Waals surface area contributed by atoms with E-state index in [-0.39, 0.29) is 13.2 Å². The minimum Gasteiger partial charge on any atom is -0.493 e. The van der Waals surface area contributed by atoms with Crippen molar-refractivity contribution < 1.29 is 28.5 Å². The lowest BCUT2D eigenvalue weighted by molar-refractivity contribution is -0.139. The van der Waals surface area contributed by atoms with E-state index in [1.54, 1.807) is 51.3 Å². The van der Waals surface area contributed by atoms with E-state index in [4.69, 9.17) is 31.2 Å². The fourth-order valence-corrected chi connectivity index (χ4v) is 4.96. The fraction of sp³-hybridized carbons (Fsp3) is 0.226. The highest BCUT2D eigenvalue weighted by Gasteiger charge is 2.32. The van der Waals surface area contributed by atoms with Crippen LogP contribution in [0.3, 0.4) is 0 Å². The number of rotatable bonds is 12. The lowest BCUT2D eigenvalue weighted by Gasteiger charge is -2.30. The number of para-hydroxylation sites is 1. The molecule has 0 saturated carbocycles. The van der Waals surface area contributed by atoms with Crippen LogP contribution in [0.4, 0.5) is 0 Å². The SMILES string of the molecule is CCOC(=O)C1=C(C)NC(=S)N[C@H]1c1ccccc1OCC(=O)NN=Cc1cc(OC)c(OCc2ccccc2)cc1Br. The van der Waals surface area contributed by atoms with E-state index in [1.807, 2.05) is 36.4 Å². The van der Waals surface area contributed by atoms with Gasteiger partial charge in [0.25, 0.3) is 5.91 Å². The number of hydrogen-bond acceptors (Lipinski definition) is 8. The lowest BCUT2D eigenvalue weighted by Crippen LogP contribution is -2.45. The molecule has 0 spiro atoms. The minimum atomic E-state index is -0.628. The van der Waals surface area contributed by atoms with Crippen LogP contribution in [0.25, 0.3) is 0 Å². The molecule has 1 amide bonds. The van der Waals surface area contributed by atoms with Crippen LogP contribution in [0.15, 0.2) is 87.6 Å². The van der Waals surface area contributed by atoms with Crippen molar-refractivity contribution in [1.29, 1.82) is 0 Å². The van der Waals surface area contributed by atoms with Crippen LogP contribution in [-0.4, -0.2) is 43.5 Å². The van der Waals surface area contributed by atoms with Crippen molar-refractivity contribution in [3.63, 3.8) is 0 Å². The first-order valence-corrected chi connectivity index (χ1v) is 14.5. The molecule has 1 aliphatic rings. The number of amides is 1. The molecule has 12 heteroatoms. The minimum absolute atomic E-state index is 0.223. The Morgan fingerprint density at radius 2 is 1.79 bits per heavy atom. The zero-order chi connectivity index (χ0) is 30.8. The molecule has 0 unspecified atom stereocenters. The summed E-state index contributed by atoms with van der Waals surface area (Å²) >= 11 is 8.84. The van der Waals surface area contributed by atoms with Crippen molar-refractivity contribution in [2.45, 2.75) is 26.5 Å². The predicted octanol–water partition coefficient (Wildman–Crippen LogP) is 4.92. The molecular weight excluding hydrogens is 636 g/mol. The Morgan fingerprint density at radius 3 is 2.53 bits per heavy atom. The second-order valence-electron chi connectivity index (χ2n) is 9.21. The van der Waals surface area contributed by atoms with E-state index in [2.05, 4.69) is 37.1 Å². The first-order valence-electron chi connectivity index (χ1n) is 13.3. The summed E-state index contributed by atoms with van der Waals surface area (Å²) in [5.41, 5.74) is 5.73. The maximum atomic E-state index is 12.7. The zero-order valence-electron chi connectivity index (χ0n) is 23.8. The normalized spacial score (nSPS) is 14.5. The summed E-state index contributed by atoms with van der Waals surface area (Å²) in [5.74, 6) is 0.518. The number of thiocarbonyl (C=S) groups is 1. The van der Waals surface area contributed by atoms with Crippen LogP contribution in [0, 0.1) is 0 Å². The molecule has 1 heterocycles. The number of carbonyl (C=O) groups excluding carboxylic acids is 2. The Kier molecular flexibility index (Phi) is 11.1. The summed E-state index contributed by atoms with van der Waals surface area (Å²) in [5, 5.41) is 10.5. The third kappa shape index (κ3) is 8.33. The summed E-state index contributed by atoms with van der Waals surface area (Å²) in [4.78, 5) is 25.3. The molecular formula is C31H31BrN4O6S. The number of nitrogens with zero attached hydrogens (tertiary/aromatic N) is 1. The van der Waals surface area contributed by atoms with Crippen molar-refractivity contribution >= 4 is 51.4 Å². The molecule has 3 aromatic rings. The van der Waals surface area contributed by atoms with Crippen molar-refractivity contribution in [2.24, 2.45) is 5.10 Å². The first-order chi connectivity index (χ1) is 20.8. The van der Waals surface area contributed by atoms with E-state index >= 15 is 0 Å². The molecule has 0 bridgehead atoms. The van der Waals surface area contributed by atoms with Crippen LogP contribution in [0.2, 0.25) is 0 Å². The molecule has 0 radical (unpaired) electrons. The van der Waals surface area contributed by atoms with Gasteiger partial charge in [-0.15, -0.1) is 0 Å². The smallest absolute Gasteiger partial charge is 0.338 e. The molecule has 10 nitrogen and oxygen atoms in total. The monoisotopic (exact) mass is 666 g/mol. The van der Waals surface area contributed by atoms with Gasteiger partial charge in [-0.25, -0.2) is 10.2 Å². The lowest BCUT2D eigenvalue weighted by atomic mass is 9.95. The Balaban J connectivity index is 1.40. The quantitative estimate of drug-likeness (QED) is 0.107. The first kappa shape index (κ1) is 31.5. The molecule has 0 saturated heterocycles. The molecule has 4 rings (SSSR count). The molecule has 3 aromatic carbocycles. The summed E-state index contributed by atoms with van der Waals surface area (Å²) in [7, 11) is 1.55. The van der Waals surface area contributed by atoms with Gasteiger partial charge in [-0.1, -0.05) is 48.5 Å².